The molecule has 0 spiro atoms. The molecule has 0 rings (SSSR count). The SMILES string of the molecule is C/C=C\CCN(CCC)CC(O)CNC(C)=O. The smallest absolute Gasteiger partial charge is 0.216 e. The lowest BCUT2D eigenvalue weighted by Gasteiger charge is -2.24. The Kier molecular flexibility index (Phi) is 9.77. The summed E-state index contributed by atoms with van der Waals surface area (Å²) in [5.41, 5.74) is 0. The summed E-state index contributed by atoms with van der Waals surface area (Å²) >= 11 is 0. The topological polar surface area (TPSA) is 52.6 Å². The quantitative estimate of drug-likeness (QED) is 0.597. The van der Waals surface area contributed by atoms with E-state index in [2.05, 4.69) is 23.2 Å². The maximum Gasteiger partial charge on any atom is 0.216 e. The van der Waals surface area contributed by atoms with Gasteiger partial charge in [0.05, 0.1) is 6.10 Å². The minimum Gasteiger partial charge on any atom is -0.390 e. The van der Waals surface area contributed by atoms with E-state index in [4.69, 9.17) is 0 Å². The predicted molar refractivity (Wildman–Crippen MR) is 70.9 cm³/mol. The number of nitrogens with one attached hydrogen (secondary N) is 1. The molecule has 0 radical (unpaired) electrons. The van der Waals surface area contributed by atoms with Crippen LogP contribution < -0.4 is 5.32 Å². The highest BCUT2D eigenvalue weighted by Gasteiger charge is 2.10. The first-order valence-corrected chi connectivity index (χ1v) is 6.36. The first-order chi connectivity index (χ1) is 8.10. The van der Waals surface area contributed by atoms with Crippen molar-refractivity contribution in [2.45, 2.75) is 39.7 Å². The lowest BCUT2D eigenvalue weighted by Crippen LogP contribution is -2.40. The van der Waals surface area contributed by atoms with E-state index in [-0.39, 0.29) is 5.91 Å². The van der Waals surface area contributed by atoms with Crippen LogP contribution in [-0.4, -0.2) is 48.2 Å². The lowest BCUT2D eigenvalue weighted by atomic mass is 10.2. The number of hydrogen-bond donors (Lipinski definition) is 2. The van der Waals surface area contributed by atoms with Crippen LogP contribution in [0.5, 0.6) is 0 Å². The molecule has 0 saturated carbocycles. The molecule has 17 heavy (non-hydrogen) atoms. The normalized spacial score (nSPS) is 13.2. The van der Waals surface area contributed by atoms with E-state index in [1.165, 1.54) is 6.92 Å². The second kappa shape index (κ2) is 10.3. The van der Waals surface area contributed by atoms with Gasteiger partial charge < -0.3 is 15.3 Å². The molecule has 0 aliphatic carbocycles. The van der Waals surface area contributed by atoms with Crippen LogP contribution in [0.1, 0.15) is 33.6 Å². The Bertz CT molecular complexity index is 229. The average molecular weight is 242 g/mol. The molecule has 100 valence electrons. The molecular weight excluding hydrogens is 216 g/mol. The molecule has 0 fully saturated rings. The maximum absolute atomic E-state index is 10.7. The molecule has 0 aromatic heterocycles. The van der Waals surface area contributed by atoms with Gasteiger partial charge in [-0.25, -0.2) is 0 Å². The third kappa shape index (κ3) is 10.0. The van der Waals surface area contributed by atoms with E-state index < -0.39 is 6.10 Å². The molecule has 0 aromatic carbocycles. The number of rotatable bonds is 9. The van der Waals surface area contributed by atoms with E-state index in [0.717, 1.165) is 25.9 Å². The Morgan fingerprint density at radius 1 is 1.47 bits per heavy atom. The van der Waals surface area contributed by atoms with Gasteiger partial charge in [-0.2, -0.15) is 0 Å². The van der Waals surface area contributed by atoms with Gasteiger partial charge in [0.25, 0.3) is 0 Å². The third-order valence-electron chi connectivity index (χ3n) is 2.44. The first kappa shape index (κ1) is 16.1. The van der Waals surface area contributed by atoms with Crippen molar-refractivity contribution in [1.29, 1.82) is 0 Å². The van der Waals surface area contributed by atoms with Crippen molar-refractivity contribution < 1.29 is 9.90 Å². The highest BCUT2D eigenvalue weighted by atomic mass is 16.3. The summed E-state index contributed by atoms with van der Waals surface area (Å²) in [5, 5.41) is 12.4. The van der Waals surface area contributed by atoms with Gasteiger partial charge in [0.15, 0.2) is 0 Å². The number of carbonyl (C=O) groups excluding carboxylic acids is 1. The van der Waals surface area contributed by atoms with Crippen molar-refractivity contribution in [2.75, 3.05) is 26.2 Å². The summed E-state index contributed by atoms with van der Waals surface area (Å²) in [4.78, 5) is 13.0. The number of amides is 1. The number of hydrogen-bond acceptors (Lipinski definition) is 3. The average Bonchev–Trinajstić information content (AvgIpc) is 2.27. The summed E-state index contributed by atoms with van der Waals surface area (Å²) in [6, 6.07) is 0. The number of aliphatic hydroxyl groups is 1. The minimum absolute atomic E-state index is 0.0972. The Morgan fingerprint density at radius 3 is 2.71 bits per heavy atom. The van der Waals surface area contributed by atoms with Gasteiger partial charge in [-0.05, 0) is 26.3 Å². The zero-order valence-electron chi connectivity index (χ0n) is 11.3. The fraction of sp³-hybridized carbons (Fsp3) is 0.769. The number of carbonyl (C=O) groups is 1. The van der Waals surface area contributed by atoms with Gasteiger partial charge in [0.1, 0.15) is 0 Å². The molecule has 4 heteroatoms. The van der Waals surface area contributed by atoms with Crippen LogP contribution in [0.3, 0.4) is 0 Å². The monoisotopic (exact) mass is 242 g/mol. The first-order valence-electron chi connectivity index (χ1n) is 6.36. The standard InChI is InChI=1S/C13H26N2O2/c1-4-6-7-9-15(8-5-2)11-13(17)10-14-12(3)16/h4,6,13,17H,5,7-11H2,1-3H3,(H,14,16)/b6-4-. The zero-order valence-corrected chi connectivity index (χ0v) is 11.3. The summed E-state index contributed by atoms with van der Waals surface area (Å²) in [5.74, 6) is -0.0972. The predicted octanol–water partition coefficient (Wildman–Crippen LogP) is 1.16. The summed E-state index contributed by atoms with van der Waals surface area (Å²) in [6.07, 6.45) is 5.75. The van der Waals surface area contributed by atoms with Crippen molar-refractivity contribution >= 4 is 5.91 Å². The van der Waals surface area contributed by atoms with Gasteiger partial charge in [0.2, 0.25) is 5.91 Å². The zero-order chi connectivity index (χ0) is 13.1. The van der Waals surface area contributed by atoms with E-state index in [0.29, 0.717) is 13.1 Å². The van der Waals surface area contributed by atoms with Crippen LogP contribution in [0.15, 0.2) is 12.2 Å². The molecule has 0 aliphatic rings. The molecule has 2 N–H and O–H groups in total. The molecule has 0 aliphatic heterocycles. The second-order valence-electron chi connectivity index (χ2n) is 4.25. The van der Waals surface area contributed by atoms with Crippen molar-refractivity contribution in [2.24, 2.45) is 0 Å². The number of allylic oxidation sites excluding steroid dienone is 1. The number of aliphatic hydroxyl groups excluding tert-OH is 1. The largest absolute Gasteiger partial charge is 0.390 e. The highest BCUT2D eigenvalue weighted by Crippen LogP contribution is 1.98. The van der Waals surface area contributed by atoms with Crippen LogP contribution in [0, 0.1) is 0 Å². The van der Waals surface area contributed by atoms with Crippen LogP contribution in [0.25, 0.3) is 0 Å². The summed E-state index contributed by atoms with van der Waals surface area (Å²) in [7, 11) is 0. The molecule has 0 heterocycles. The van der Waals surface area contributed by atoms with Crippen molar-refractivity contribution in [1.82, 2.24) is 10.2 Å². The fourth-order valence-electron chi connectivity index (χ4n) is 1.66. The molecule has 4 nitrogen and oxygen atoms in total. The molecule has 1 atom stereocenters. The third-order valence-corrected chi connectivity index (χ3v) is 2.44. The molecule has 1 unspecified atom stereocenters. The summed E-state index contributed by atoms with van der Waals surface area (Å²) < 4.78 is 0. The van der Waals surface area contributed by atoms with Crippen LogP contribution >= 0.6 is 0 Å². The number of nitrogens with zero attached hydrogens (tertiary/aromatic N) is 1. The Labute approximate surface area is 105 Å². The fourth-order valence-corrected chi connectivity index (χ4v) is 1.66. The Balaban J connectivity index is 3.91. The van der Waals surface area contributed by atoms with Crippen LogP contribution in [0.2, 0.25) is 0 Å². The van der Waals surface area contributed by atoms with E-state index in [9.17, 15) is 9.90 Å². The molecule has 0 bridgehead atoms. The van der Waals surface area contributed by atoms with Crippen molar-refractivity contribution in [3.8, 4) is 0 Å². The van der Waals surface area contributed by atoms with Crippen LogP contribution in [0.4, 0.5) is 0 Å². The Morgan fingerprint density at radius 2 is 2.18 bits per heavy atom. The van der Waals surface area contributed by atoms with E-state index in [1.807, 2.05) is 13.0 Å². The van der Waals surface area contributed by atoms with Gasteiger partial charge >= 0.3 is 0 Å². The molecule has 1 amide bonds. The van der Waals surface area contributed by atoms with Gasteiger partial charge in [0, 0.05) is 26.6 Å². The molecular formula is C13H26N2O2. The van der Waals surface area contributed by atoms with Crippen molar-refractivity contribution in [3.05, 3.63) is 12.2 Å². The van der Waals surface area contributed by atoms with Crippen LogP contribution in [-0.2, 0) is 4.79 Å². The second-order valence-corrected chi connectivity index (χ2v) is 4.25. The highest BCUT2D eigenvalue weighted by molar-refractivity contribution is 5.72. The van der Waals surface area contributed by atoms with E-state index in [1.54, 1.807) is 0 Å². The Hall–Kier alpha value is -0.870. The molecule has 0 aromatic rings. The van der Waals surface area contributed by atoms with Gasteiger partial charge in [-0.15, -0.1) is 0 Å². The summed E-state index contributed by atoms with van der Waals surface area (Å²) in [6.45, 7) is 8.48. The van der Waals surface area contributed by atoms with E-state index >= 15 is 0 Å². The van der Waals surface area contributed by atoms with Gasteiger partial charge in [-0.3, -0.25) is 4.79 Å². The lowest BCUT2D eigenvalue weighted by molar-refractivity contribution is -0.119. The van der Waals surface area contributed by atoms with Crippen molar-refractivity contribution in [3.63, 3.8) is 0 Å². The maximum atomic E-state index is 10.7. The molecule has 0 saturated heterocycles. The van der Waals surface area contributed by atoms with Gasteiger partial charge in [-0.1, -0.05) is 19.1 Å². The minimum atomic E-state index is -0.490.